The molecule has 2 aromatic carbocycles. The second-order valence-corrected chi connectivity index (χ2v) is 10.4. The summed E-state index contributed by atoms with van der Waals surface area (Å²) in [6.07, 6.45) is -8.45. The topological polar surface area (TPSA) is 83.1 Å². The van der Waals surface area contributed by atoms with Crippen molar-refractivity contribution in [3.63, 3.8) is 0 Å². The maximum absolute atomic E-state index is 12.6. The van der Waals surface area contributed by atoms with Gasteiger partial charge in [0.15, 0.2) is 0 Å². The van der Waals surface area contributed by atoms with E-state index in [0.717, 1.165) is 11.1 Å². The summed E-state index contributed by atoms with van der Waals surface area (Å²) in [4.78, 5) is 28.0. The van der Waals surface area contributed by atoms with Crippen LogP contribution in [0.4, 0.5) is 26.3 Å². The van der Waals surface area contributed by atoms with E-state index < -0.39 is 12.7 Å². The van der Waals surface area contributed by atoms with Gasteiger partial charge in [0.25, 0.3) is 11.8 Å². The summed E-state index contributed by atoms with van der Waals surface area (Å²) in [6, 6.07) is 5.85. The van der Waals surface area contributed by atoms with Crippen molar-refractivity contribution in [2.45, 2.75) is 51.5 Å². The van der Waals surface area contributed by atoms with E-state index in [1.54, 1.807) is 9.80 Å². The lowest BCUT2D eigenvalue weighted by Gasteiger charge is -2.30. The molecule has 4 heterocycles. The number of amides is 2. The van der Waals surface area contributed by atoms with Gasteiger partial charge in [-0.2, -0.15) is 0 Å². The molecule has 2 aromatic rings. The Balaban J connectivity index is 0.000000230. The number of aryl methyl sites for hydroxylation is 2. The summed E-state index contributed by atoms with van der Waals surface area (Å²) >= 11 is 0. The van der Waals surface area contributed by atoms with Crippen molar-refractivity contribution in [1.29, 1.82) is 0 Å². The number of alkyl halides is 6. The lowest BCUT2D eigenvalue weighted by Crippen LogP contribution is -2.44. The molecular formula is C28H32Cl2F6N4O4. The zero-order valence-electron chi connectivity index (χ0n) is 23.7. The number of hydrogen-bond acceptors (Lipinski definition) is 6. The van der Waals surface area contributed by atoms with Crippen LogP contribution in [0, 0.1) is 0 Å². The van der Waals surface area contributed by atoms with Crippen molar-refractivity contribution < 1.29 is 45.4 Å². The number of piperazine rings is 2. The molecule has 4 aliphatic rings. The largest absolute Gasteiger partial charge is 0.573 e. The summed E-state index contributed by atoms with van der Waals surface area (Å²) in [5, 5.41) is 6.33. The van der Waals surface area contributed by atoms with Crippen LogP contribution >= 0.6 is 24.8 Å². The number of benzene rings is 2. The number of fused-ring (bicyclic) bond motifs is 6. The van der Waals surface area contributed by atoms with Crippen molar-refractivity contribution in [2.24, 2.45) is 0 Å². The summed E-state index contributed by atoms with van der Waals surface area (Å²) in [7, 11) is 0. The van der Waals surface area contributed by atoms with Crippen LogP contribution in [0.25, 0.3) is 0 Å². The first-order chi connectivity index (χ1) is 19.8. The maximum atomic E-state index is 12.6. The van der Waals surface area contributed by atoms with Gasteiger partial charge in [-0.1, -0.05) is 26.0 Å². The van der Waals surface area contributed by atoms with E-state index in [9.17, 15) is 35.9 Å². The summed E-state index contributed by atoms with van der Waals surface area (Å²) < 4.78 is 83.7. The molecule has 0 saturated carbocycles. The first-order valence-corrected chi connectivity index (χ1v) is 13.7. The molecule has 16 heteroatoms. The number of nitrogens with zero attached hydrogens (tertiary/aromatic N) is 2. The minimum absolute atomic E-state index is 0. The van der Waals surface area contributed by atoms with E-state index in [1.807, 2.05) is 26.0 Å². The van der Waals surface area contributed by atoms with E-state index in [4.69, 9.17) is 0 Å². The molecule has 0 radical (unpaired) electrons. The third-order valence-electron chi connectivity index (χ3n) is 7.81. The van der Waals surface area contributed by atoms with Crippen LogP contribution in [0.15, 0.2) is 24.3 Å². The molecule has 6 rings (SSSR count). The quantitative estimate of drug-likeness (QED) is 0.427. The highest BCUT2D eigenvalue weighted by Gasteiger charge is 2.44. The van der Waals surface area contributed by atoms with Gasteiger partial charge >= 0.3 is 12.7 Å². The highest BCUT2D eigenvalue weighted by molar-refractivity contribution is 6.02. The number of nitrogens with one attached hydrogen (secondary N) is 2. The van der Waals surface area contributed by atoms with Crippen LogP contribution in [0.1, 0.15) is 68.9 Å². The van der Waals surface area contributed by atoms with E-state index >= 15 is 0 Å². The Morgan fingerprint density at radius 3 is 1.39 bits per heavy atom. The van der Waals surface area contributed by atoms with Crippen LogP contribution in [0.5, 0.6) is 11.5 Å². The highest BCUT2D eigenvalue weighted by atomic mass is 35.5. The Kier molecular flexibility index (Phi) is 11.0. The van der Waals surface area contributed by atoms with Gasteiger partial charge in [0, 0.05) is 39.3 Å². The molecule has 244 valence electrons. The zero-order chi connectivity index (χ0) is 30.4. The van der Waals surface area contributed by atoms with Gasteiger partial charge in [-0.05, 0) is 47.2 Å². The molecule has 44 heavy (non-hydrogen) atoms. The van der Waals surface area contributed by atoms with E-state index in [1.165, 1.54) is 12.1 Å². The molecular weight excluding hydrogens is 641 g/mol. The molecule has 8 nitrogen and oxygen atoms in total. The van der Waals surface area contributed by atoms with Crippen LogP contribution in [-0.2, 0) is 12.8 Å². The van der Waals surface area contributed by atoms with Crippen molar-refractivity contribution in [2.75, 3.05) is 39.3 Å². The molecule has 0 aromatic heterocycles. The molecule has 2 saturated heterocycles. The normalized spacial score (nSPS) is 20.3. The van der Waals surface area contributed by atoms with Crippen molar-refractivity contribution in [3.8, 4) is 11.5 Å². The number of ether oxygens (including phenoxy) is 2. The minimum atomic E-state index is -4.80. The van der Waals surface area contributed by atoms with Crippen LogP contribution in [-0.4, -0.2) is 73.6 Å². The predicted octanol–water partition coefficient (Wildman–Crippen LogP) is 5.34. The minimum Gasteiger partial charge on any atom is -0.405 e. The number of carbonyl (C=O) groups excluding carboxylic acids is 2. The third kappa shape index (κ3) is 7.13. The number of rotatable bonds is 4. The monoisotopic (exact) mass is 672 g/mol. The van der Waals surface area contributed by atoms with Crippen molar-refractivity contribution in [1.82, 2.24) is 20.4 Å². The molecule has 0 unspecified atom stereocenters. The van der Waals surface area contributed by atoms with Gasteiger partial charge in [0.05, 0.1) is 23.2 Å². The standard InChI is InChI=1S/2C14H15F3N2O2.2ClH/c2*1-2-8-5-9-10-7-18-3-4-19(10)13(20)12(9)11(6-8)21-14(15,16)17;;/h2*5-6,10,18H,2-4,7H2,1H3;2*1H/t2*10-;;/m10../s1. The first-order valence-electron chi connectivity index (χ1n) is 13.7. The van der Waals surface area contributed by atoms with Gasteiger partial charge in [-0.25, -0.2) is 0 Å². The van der Waals surface area contributed by atoms with Gasteiger partial charge in [0.1, 0.15) is 11.5 Å². The number of hydrogen-bond donors (Lipinski definition) is 2. The van der Waals surface area contributed by atoms with Crippen molar-refractivity contribution in [3.05, 3.63) is 57.6 Å². The second-order valence-electron chi connectivity index (χ2n) is 10.4. The lowest BCUT2D eigenvalue weighted by atomic mass is 9.98. The first kappa shape index (κ1) is 35.5. The van der Waals surface area contributed by atoms with E-state index in [0.29, 0.717) is 63.2 Å². The summed E-state index contributed by atoms with van der Waals surface area (Å²) in [6.45, 7) is 7.09. The number of halogens is 8. The SMILES string of the molecule is CCc1cc(OC(F)(F)F)c2c(c1)[C@@H]1CNCCN1C2=O.CCc1cc(OC(F)(F)F)c2c(c1)[C@H]1CNCCN1C2=O.Cl.Cl. The summed E-state index contributed by atoms with van der Waals surface area (Å²) in [5.41, 5.74) is 2.83. The average molecular weight is 673 g/mol. The zero-order valence-corrected chi connectivity index (χ0v) is 25.4. The number of carbonyl (C=O) groups is 2. The molecule has 2 amide bonds. The maximum Gasteiger partial charge on any atom is 0.573 e. The van der Waals surface area contributed by atoms with Crippen LogP contribution in [0.3, 0.4) is 0 Å². The van der Waals surface area contributed by atoms with E-state index in [-0.39, 0.29) is 71.3 Å². The summed E-state index contributed by atoms with van der Waals surface area (Å²) in [5.74, 6) is -1.51. The molecule has 2 N–H and O–H groups in total. The Morgan fingerprint density at radius 1 is 0.705 bits per heavy atom. The van der Waals surface area contributed by atoms with Crippen LogP contribution in [0.2, 0.25) is 0 Å². The molecule has 2 atom stereocenters. The fourth-order valence-electron chi connectivity index (χ4n) is 5.93. The molecule has 0 bridgehead atoms. The molecule has 0 aliphatic carbocycles. The van der Waals surface area contributed by atoms with E-state index in [2.05, 4.69) is 20.1 Å². The fourth-order valence-corrected chi connectivity index (χ4v) is 5.93. The van der Waals surface area contributed by atoms with Gasteiger partial charge < -0.3 is 29.9 Å². The molecule has 4 aliphatic heterocycles. The Labute approximate surface area is 262 Å². The fraction of sp³-hybridized carbons (Fsp3) is 0.500. The average Bonchev–Trinajstić information content (AvgIpc) is 3.39. The van der Waals surface area contributed by atoms with Crippen LogP contribution < -0.4 is 20.1 Å². The molecule has 0 spiro atoms. The Morgan fingerprint density at radius 2 is 1.07 bits per heavy atom. The van der Waals surface area contributed by atoms with Gasteiger partial charge in [-0.3, -0.25) is 9.59 Å². The van der Waals surface area contributed by atoms with Gasteiger partial charge in [-0.15, -0.1) is 51.2 Å². The second kappa shape index (κ2) is 13.6. The lowest BCUT2D eigenvalue weighted by molar-refractivity contribution is -0.275. The van der Waals surface area contributed by atoms with Gasteiger partial charge in [0.2, 0.25) is 0 Å². The molecule has 2 fully saturated rings. The smallest absolute Gasteiger partial charge is 0.405 e. The highest BCUT2D eigenvalue weighted by Crippen LogP contribution is 2.43. The Bertz CT molecular complexity index is 1290. The third-order valence-corrected chi connectivity index (χ3v) is 7.81. The Hall–Kier alpha value is -2.94. The van der Waals surface area contributed by atoms with Crippen molar-refractivity contribution >= 4 is 36.6 Å². The predicted molar refractivity (Wildman–Crippen MR) is 153 cm³/mol.